The van der Waals surface area contributed by atoms with E-state index in [0.717, 1.165) is 9.35 Å². The average Bonchev–Trinajstić information content (AvgIpc) is 2.68. The third-order valence-corrected chi connectivity index (χ3v) is 5.07. The second-order valence-electron chi connectivity index (χ2n) is 3.60. The minimum Gasteiger partial charge on any atom is -0.496 e. The Hall–Kier alpha value is -0.620. The summed E-state index contributed by atoms with van der Waals surface area (Å²) in [5, 5.41) is 0. The molecule has 1 aromatic heterocycles. The molecule has 96 valence electrons. The van der Waals surface area contributed by atoms with Gasteiger partial charge in [0.25, 0.3) is 0 Å². The van der Waals surface area contributed by atoms with E-state index < -0.39 is 6.04 Å². The molecule has 0 aliphatic carbocycles. The maximum atomic E-state index is 13.9. The van der Waals surface area contributed by atoms with Crippen LogP contribution in [0.3, 0.4) is 0 Å². The van der Waals surface area contributed by atoms with Gasteiger partial charge in [-0.1, -0.05) is 17.7 Å². The van der Waals surface area contributed by atoms with E-state index in [1.54, 1.807) is 18.2 Å². The summed E-state index contributed by atoms with van der Waals surface area (Å²) in [5.74, 6) is 0.0469. The summed E-state index contributed by atoms with van der Waals surface area (Å²) in [4.78, 5) is 0.773. The van der Waals surface area contributed by atoms with Gasteiger partial charge in [0.2, 0.25) is 0 Å². The fourth-order valence-electron chi connectivity index (χ4n) is 1.66. The summed E-state index contributed by atoms with van der Waals surface area (Å²) < 4.78 is 20.4. The highest BCUT2D eigenvalue weighted by Crippen LogP contribution is 2.39. The SMILES string of the molecule is COc1cccc(F)c1C(N)c1cc(Br)c(Cl)s1. The van der Waals surface area contributed by atoms with Gasteiger partial charge in [-0.3, -0.25) is 0 Å². The summed E-state index contributed by atoms with van der Waals surface area (Å²) in [7, 11) is 1.49. The quantitative estimate of drug-likeness (QED) is 0.892. The number of halogens is 3. The van der Waals surface area contributed by atoms with E-state index in [2.05, 4.69) is 15.9 Å². The third kappa shape index (κ3) is 2.54. The van der Waals surface area contributed by atoms with E-state index in [4.69, 9.17) is 22.1 Å². The Balaban J connectivity index is 2.48. The van der Waals surface area contributed by atoms with Gasteiger partial charge in [0.1, 0.15) is 15.9 Å². The van der Waals surface area contributed by atoms with Crippen LogP contribution in [0.5, 0.6) is 5.75 Å². The first-order valence-electron chi connectivity index (χ1n) is 5.07. The van der Waals surface area contributed by atoms with E-state index in [-0.39, 0.29) is 5.82 Å². The molecule has 0 spiro atoms. The number of thiophene rings is 1. The van der Waals surface area contributed by atoms with Crippen molar-refractivity contribution in [2.24, 2.45) is 5.73 Å². The molecule has 0 bridgehead atoms. The number of hydrogen-bond acceptors (Lipinski definition) is 3. The van der Waals surface area contributed by atoms with Gasteiger partial charge in [-0.15, -0.1) is 11.3 Å². The molecule has 0 aliphatic heterocycles. The molecule has 0 saturated carbocycles. The van der Waals surface area contributed by atoms with Gasteiger partial charge in [-0.25, -0.2) is 4.39 Å². The summed E-state index contributed by atoms with van der Waals surface area (Å²) >= 11 is 10.6. The van der Waals surface area contributed by atoms with Crippen molar-refractivity contribution in [3.63, 3.8) is 0 Å². The zero-order valence-corrected chi connectivity index (χ0v) is 12.6. The molecule has 2 rings (SSSR count). The monoisotopic (exact) mass is 349 g/mol. The van der Waals surface area contributed by atoms with Crippen LogP contribution in [0.15, 0.2) is 28.7 Å². The Morgan fingerprint density at radius 2 is 2.22 bits per heavy atom. The maximum Gasteiger partial charge on any atom is 0.132 e. The smallest absolute Gasteiger partial charge is 0.132 e. The first-order chi connectivity index (χ1) is 8.54. The zero-order chi connectivity index (χ0) is 13.3. The van der Waals surface area contributed by atoms with Gasteiger partial charge < -0.3 is 10.5 Å². The van der Waals surface area contributed by atoms with Crippen LogP contribution < -0.4 is 10.5 Å². The standard InChI is InChI=1S/C12H10BrClFNOS/c1-17-8-4-2-3-7(15)10(8)11(16)9-5-6(13)12(14)18-9/h2-5,11H,16H2,1H3. The second kappa shape index (κ2) is 5.57. The minimum atomic E-state index is -0.602. The normalized spacial score (nSPS) is 12.5. The van der Waals surface area contributed by atoms with Crippen LogP contribution in [-0.2, 0) is 0 Å². The molecular formula is C12H10BrClFNOS. The Kier molecular flexibility index (Phi) is 4.27. The van der Waals surface area contributed by atoms with Crippen molar-refractivity contribution in [1.82, 2.24) is 0 Å². The van der Waals surface area contributed by atoms with Gasteiger partial charge >= 0.3 is 0 Å². The van der Waals surface area contributed by atoms with Crippen LogP contribution in [0.25, 0.3) is 0 Å². The fourth-order valence-corrected chi connectivity index (χ4v) is 3.40. The molecule has 6 heteroatoms. The molecule has 0 fully saturated rings. The van der Waals surface area contributed by atoms with Crippen LogP contribution in [0, 0.1) is 5.82 Å². The molecule has 1 heterocycles. The predicted octanol–water partition coefficient (Wildman–Crippen LogP) is 4.36. The topological polar surface area (TPSA) is 35.2 Å². The first kappa shape index (κ1) is 13.8. The lowest BCUT2D eigenvalue weighted by Gasteiger charge is -2.15. The van der Waals surface area contributed by atoms with Gasteiger partial charge in [0.05, 0.1) is 18.7 Å². The van der Waals surface area contributed by atoms with Crippen molar-refractivity contribution in [1.29, 1.82) is 0 Å². The highest BCUT2D eigenvalue weighted by atomic mass is 79.9. The largest absolute Gasteiger partial charge is 0.496 e. The zero-order valence-electron chi connectivity index (χ0n) is 9.41. The van der Waals surface area contributed by atoms with E-state index in [9.17, 15) is 4.39 Å². The van der Waals surface area contributed by atoms with Crippen molar-refractivity contribution in [3.8, 4) is 5.75 Å². The van der Waals surface area contributed by atoms with Gasteiger partial charge in [0.15, 0.2) is 0 Å². The highest BCUT2D eigenvalue weighted by Gasteiger charge is 2.21. The van der Waals surface area contributed by atoms with Crippen LogP contribution >= 0.6 is 38.9 Å². The van der Waals surface area contributed by atoms with Crippen molar-refractivity contribution >= 4 is 38.9 Å². The molecule has 18 heavy (non-hydrogen) atoms. The van der Waals surface area contributed by atoms with E-state index >= 15 is 0 Å². The third-order valence-electron chi connectivity index (χ3n) is 2.51. The van der Waals surface area contributed by atoms with Crippen LogP contribution in [0.2, 0.25) is 4.34 Å². The Labute approximate surface area is 122 Å². The highest BCUT2D eigenvalue weighted by molar-refractivity contribution is 9.10. The summed E-state index contributed by atoms with van der Waals surface area (Å²) in [5.41, 5.74) is 6.43. The molecule has 0 radical (unpaired) electrons. The van der Waals surface area contributed by atoms with Crippen LogP contribution in [0.1, 0.15) is 16.5 Å². The van der Waals surface area contributed by atoms with Crippen LogP contribution in [-0.4, -0.2) is 7.11 Å². The number of rotatable bonds is 3. The van der Waals surface area contributed by atoms with Crippen molar-refractivity contribution < 1.29 is 9.13 Å². The lowest BCUT2D eigenvalue weighted by Crippen LogP contribution is -2.13. The van der Waals surface area contributed by atoms with E-state index in [1.807, 2.05) is 0 Å². The molecule has 1 aromatic carbocycles. The molecule has 2 aromatic rings. The molecule has 1 unspecified atom stereocenters. The number of benzene rings is 1. The molecular weight excluding hydrogens is 341 g/mol. The number of hydrogen-bond donors (Lipinski definition) is 1. The van der Waals surface area contributed by atoms with Gasteiger partial charge in [-0.05, 0) is 34.1 Å². The van der Waals surface area contributed by atoms with Gasteiger partial charge in [-0.2, -0.15) is 0 Å². The first-order valence-corrected chi connectivity index (χ1v) is 7.06. The minimum absolute atomic E-state index is 0.338. The van der Waals surface area contributed by atoms with Crippen molar-refractivity contribution in [2.75, 3.05) is 7.11 Å². The Morgan fingerprint density at radius 3 is 2.78 bits per heavy atom. The Morgan fingerprint density at radius 1 is 1.50 bits per heavy atom. The lowest BCUT2D eigenvalue weighted by molar-refractivity contribution is 0.402. The van der Waals surface area contributed by atoms with Crippen LogP contribution in [0.4, 0.5) is 4.39 Å². The Bertz CT molecular complexity index is 556. The maximum absolute atomic E-state index is 13.9. The predicted molar refractivity (Wildman–Crippen MR) is 76.0 cm³/mol. The van der Waals surface area contributed by atoms with Crippen molar-refractivity contribution in [3.05, 3.63) is 49.3 Å². The molecule has 0 aliphatic rings. The molecule has 0 amide bonds. The molecule has 2 nitrogen and oxygen atoms in total. The molecule has 2 N–H and O–H groups in total. The lowest BCUT2D eigenvalue weighted by atomic mass is 10.0. The second-order valence-corrected chi connectivity index (χ2v) is 6.14. The average molecular weight is 351 g/mol. The van der Waals surface area contributed by atoms with Crippen molar-refractivity contribution in [2.45, 2.75) is 6.04 Å². The number of methoxy groups -OCH3 is 1. The van der Waals surface area contributed by atoms with E-state index in [0.29, 0.717) is 15.6 Å². The summed E-state index contributed by atoms with van der Waals surface area (Å²) in [6, 6.07) is 5.82. The number of nitrogens with two attached hydrogens (primary N) is 1. The molecule has 0 saturated heterocycles. The summed E-state index contributed by atoms with van der Waals surface area (Å²) in [6.07, 6.45) is 0. The number of ether oxygens (including phenoxy) is 1. The van der Waals surface area contributed by atoms with E-state index in [1.165, 1.54) is 24.5 Å². The summed E-state index contributed by atoms with van der Waals surface area (Å²) in [6.45, 7) is 0. The molecule has 1 atom stereocenters. The van der Waals surface area contributed by atoms with Gasteiger partial charge in [0, 0.05) is 9.35 Å². The fraction of sp³-hybridized carbons (Fsp3) is 0.167.